The largest absolute Gasteiger partial charge is 0.508 e. The van der Waals surface area contributed by atoms with Crippen LogP contribution in [0, 0.1) is 0 Å². The van der Waals surface area contributed by atoms with Gasteiger partial charge in [-0.3, -0.25) is 4.79 Å². The molecule has 1 aromatic heterocycles. The molecule has 4 rings (SSSR count). The lowest BCUT2D eigenvalue weighted by Crippen LogP contribution is -2.60. The van der Waals surface area contributed by atoms with Crippen molar-refractivity contribution in [3.05, 3.63) is 70.1 Å². The summed E-state index contributed by atoms with van der Waals surface area (Å²) in [6, 6.07) is 11.7. The van der Waals surface area contributed by atoms with Crippen LogP contribution < -0.4 is 10.2 Å². The molecule has 176 valence electrons. The van der Waals surface area contributed by atoms with E-state index >= 15 is 0 Å². The van der Waals surface area contributed by atoms with Gasteiger partial charge in [-0.05, 0) is 29.8 Å². The maximum absolute atomic E-state index is 12.5. The summed E-state index contributed by atoms with van der Waals surface area (Å²) < 4.78 is 16.6. The summed E-state index contributed by atoms with van der Waals surface area (Å²) in [4.78, 5) is 12.5. The van der Waals surface area contributed by atoms with Crippen molar-refractivity contribution in [2.75, 3.05) is 6.61 Å². The van der Waals surface area contributed by atoms with Crippen molar-refractivity contribution in [3.63, 3.8) is 0 Å². The second-order valence-electron chi connectivity index (χ2n) is 7.87. The Hall–Kier alpha value is -2.99. The Morgan fingerprint density at radius 2 is 1.70 bits per heavy atom. The minimum atomic E-state index is -1.60. The molecule has 1 aliphatic heterocycles. The van der Waals surface area contributed by atoms with E-state index in [1.807, 2.05) is 0 Å². The number of ether oxygens (including phenoxy) is 2. The number of hydrogen-bond donors (Lipinski definition) is 6. The maximum Gasteiger partial charge on any atom is 0.229 e. The Balaban J connectivity index is 1.57. The molecular formula is C23H24O10. The lowest BCUT2D eigenvalue weighted by molar-refractivity contribution is -0.277. The molecule has 0 bridgehead atoms. The highest BCUT2D eigenvalue weighted by Crippen LogP contribution is 2.28. The lowest BCUT2D eigenvalue weighted by Gasteiger charge is -2.39. The van der Waals surface area contributed by atoms with Gasteiger partial charge in [0, 0.05) is 18.6 Å². The molecule has 10 heteroatoms. The zero-order valence-electron chi connectivity index (χ0n) is 17.3. The fourth-order valence-electron chi connectivity index (χ4n) is 3.65. The number of aromatic hydroxyl groups is 1. The predicted octanol–water partition coefficient (Wildman–Crippen LogP) is -0.0466. The maximum atomic E-state index is 12.5. The number of phenolic OH excluding ortho intramolecular Hbond substituents is 1. The van der Waals surface area contributed by atoms with E-state index in [4.69, 9.17) is 13.9 Å². The van der Waals surface area contributed by atoms with Gasteiger partial charge < -0.3 is 44.5 Å². The Kier molecular flexibility index (Phi) is 6.66. The summed E-state index contributed by atoms with van der Waals surface area (Å²) in [5, 5.41) is 59.4. The minimum absolute atomic E-state index is 0.0329. The van der Waals surface area contributed by atoms with E-state index in [1.165, 1.54) is 36.4 Å². The van der Waals surface area contributed by atoms with Gasteiger partial charge in [0.15, 0.2) is 5.43 Å². The molecule has 1 fully saturated rings. The monoisotopic (exact) mass is 460 g/mol. The zero-order chi connectivity index (χ0) is 23.7. The normalized spacial score (nSPS) is 26.3. The Morgan fingerprint density at radius 1 is 0.970 bits per heavy atom. The number of phenols is 1. The van der Waals surface area contributed by atoms with Gasteiger partial charge >= 0.3 is 0 Å². The molecular weight excluding hydrogens is 436 g/mol. The minimum Gasteiger partial charge on any atom is -0.508 e. The second kappa shape index (κ2) is 9.48. The van der Waals surface area contributed by atoms with E-state index in [2.05, 4.69) is 0 Å². The van der Waals surface area contributed by atoms with Gasteiger partial charge in [0.25, 0.3) is 0 Å². The van der Waals surface area contributed by atoms with Crippen LogP contribution in [0.25, 0.3) is 11.0 Å². The third kappa shape index (κ3) is 4.86. The molecule has 6 atom stereocenters. The van der Waals surface area contributed by atoms with Gasteiger partial charge in [-0.1, -0.05) is 12.1 Å². The number of aliphatic hydroxyl groups excluding tert-OH is 5. The molecule has 0 amide bonds. The molecule has 10 nitrogen and oxygen atoms in total. The number of benzene rings is 2. The van der Waals surface area contributed by atoms with Gasteiger partial charge in [0.2, 0.25) is 6.29 Å². The van der Waals surface area contributed by atoms with Crippen LogP contribution in [0.5, 0.6) is 11.5 Å². The third-order valence-electron chi connectivity index (χ3n) is 5.51. The van der Waals surface area contributed by atoms with E-state index in [0.717, 1.165) is 5.56 Å². The summed E-state index contributed by atoms with van der Waals surface area (Å²) >= 11 is 0. The van der Waals surface area contributed by atoms with E-state index in [9.17, 15) is 35.4 Å². The van der Waals surface area contributed by atoms with Gasteiger partial charge in [-0.15, -0.1) is 0 Å². The number of hydrogen-bond acceptors (Lipinski definition) is 10. The van der Waals surface area contributed by atoms with E-state index < -0.39 is 43.4 Å². The van der Waals surface area contributed by atoms with Crippen molar-refractivity contribution in [2.45, 2.75) is 43.2 Å². The molecule has 0 saturated carbocycles. The van der Waals surface area contributed by atoms with Gasteiger partial charge in [-0.2, -0.15) is 0 Å². The zero-order valence-corrected chi connectivity index (χ0v) is 17.3. The first-order valence-electron chi connectivity index (χ1n) is 10.3. The Labute approximate surface area is 187 Å². The summed E-state index contributed by atoms with van der Waals surface area (Å²) in [5.74, 6) is 0.253. The summed E-state index contributed by atoms with van der Waals surface area (Å²) in [6.07, 6.45) is -8.21. The first-order valence-corrected chi connectivity index (χ1v) is 10.3. The van der Waals surface area contributed by atoms with E-state index in [-0.39, 0.29) is 40.1 Å². The van der Waals surface area contributed by atoms with Crippen LogP contribution in [-0.2, 0) is 11.2 Å². The molecule has 6 N–H and O–H groups in total. The molecule has 2 heterocycles. The standard InChI is InChI=1S/C23H24O10/c24-10-19-20(28)21(29)22(30)23(33-19)31-13-5-6-14-15(26)9-18(32-17(14)8-13)16(27)7-11-1-3-12(25)4-2-11/h1-6,8-9,16,19-25,27-30H,7,10H2/t16-,19-,20-,21+,22-,23+/m1/s1. The highest BCUT2D eigenvalue weighted by Gasteiger charge is 2.44. The van der Waals surface area contributed by atoms with Crippen molar-refractivity contribution in [1.29, 1.82) is 0 Å². The predicted molar refractivity (Wildman–Crippen MR) is 114 cm³/mol. The van der Waals surface area contributed by atoms with Crippen molar-refractivity contribution in [2.24, 2.45) is 0 Å². The van der Waals surface area contributed by atoms with Crippen LogP contribution in [0.1, 0.15) is 17.4 Å². The molecule has 2 aromatic carbocycles. The molecule has 1 saturated heterocycles. The molecule has 0 spiro atoms. The van der Waals surface area contributed by atoms with E-state index in [1.54, 1.807) is 12.1 Å². The van der Waals surface area contributed by atoms with Crippen LogP contribution in [0.4, 0.5) is 0 Å². The van der Waals surface area contributed by atoms with Gasteiger partial charge in [0.05, 0.1) is 12.0 Å². The smallest absolute Gasteiger partial charge is 0.229 e. The fourth-order valence-corrected chi connectivity index (χ4v) is 3.65. The summed E-state index contributed by atoms with van der Waals surface area (Å²) in [7, 11) is 0. The molecule has 0 radical (unpaired) electrons. The average molecular weight is 460 g/mol. The number of rotatable bonds is 6. The Bertz CT molecular complexity index is 1160. The second-order valence-corrected chi connectivity index (χ2v) is 7.87. The van der Waals surface area contributed by atoms with Crippen LogP contribution in [0.2, 0.25) is 0 Å². The molecule has 33 heavy (non-hydrogen) atoms. The third-order valence-corrected chi connectivity index (χ3v) is 5.51. The first kappa shape index (κ1) is 23.2. The van der Waals surface area contributed by atoms with Crippen molar-refractivity contribution in [3.8, 4) is 11.5 Å². The molecule has 0 aliphatic carbocycles. The highest BCUT2D eigenvalue weighted by molar-refractivity contribution is 5.78. The number of aliphatic hydroxyl groups is 5. The molecule has 3 aromatic rings. The fraction of sp³-hybridized carbons (Fsp3) is 0.348. The van der Waals surface area contributed by atoms with Crippen LogP contribution in [-0.4, -0.2) is 68.0 Å². The SMILES string of the molecule is O=c1cc([C@H](O)Cc2ccc(O)cc2)oc2cc(O[C@H]3O[C@H](CO)[C@@H](O)[C@H](O)[C@H]3O)ccc12. The highest BCUT2D eigenvalue weighted by atomic mass is 16.7. The molecule has 1 aliphatic rings. The molecule has 0 unspecified atom stereocenters. The average Bonchev–Trinajstić information content (AvgIpc) is 2.80. The van der Waals surface area contributed by atoms with Crippen molar-refractivity contribution >= 4 is 11.0 Å². The summed E-state index contributed by atoms with van der Waals surface area (Å²) in [5.41, 5.74) is 0.461. The van der Waals surface area contributed by atoms with Gasteiger partial charge in [0.1, 0.15) is 53.4 Å². The topological polar surface area (TPSA) is 170 Å². The van der Waals surface area contributed by atoms with Gasteiger partial charge in [-0.25, -0.2) is 0 Å². The van der Waals surface area contributed by atoms with Crippen molar-refractivity contribution < 1.29 is 44.5 Å². The first-order chi connectivity index (χ1) is 15.8. The van der Waals surface area contributed by atoms with Crippen LogP contribution in [0.15, 0.2) is 57.7 Å². The number of fused-ring (bicyclic) bond motifs is 1. The van der Waals surface area contributed by atoms with E-state index in [0.29, 0.717) is 0 Å². The quantitative estimate of drug-likeness (QED) is 0.293. The Morgan fingerprint density at radius 3 is 2.39 bits per heavy atom. The summed E-state index contributed by atoms with van der Waals surface area (Å²) in [6.45, 7) is -0.598. The van der Waals surface area contributed by atoms with Crippen molar-refractivity contribution in [1.82, 2.24) is 0 Å². The lowest BCUT2D eigenvalue weighted by atomic mass is 9.99. The van der Waals surface area contributed by atoms with Crippen LogP contribution in [0.3, 0.4) is 0 Å². The van der Waals surface area contributed by atoms with Crippen LogP contribution >= 0.6 is 0 Å².